The number of halogens is 1. The first-order chi connectivity index (χ1) is 9.19. The van der Waals surface area contributed by atoms with Gasteiger partial charge in [-0.05, 0) is 42.0 Å². The zero-order valence-corrected chi connectivity index (χ0v) is 11.5. The van der Waals surface area contributed by atoms with E-state index in [1.54, 1.807) is 12.3 Å². The van der Waals surface area contributed by atoms with E-state index in [9.17, 15) is 0 Å². The van der Waals surface area contributed by atoms with Crippen molar-refractivity contribution in [3.63, 3.8) is 0 Å². The topological polar surface area (TPSA) is 80.7 Å². The molecule has 98 valence electrons. The van der Waals surface area contributed by atoms with E-state index in [2.05, 4.69) is 26.1 Å². The molecule has 19 heavy (non-hydrogen) atoms. The lowest BCUT2D eigenvalue weighted by Gasteiger charge is -2.07. The molecule has 1 aromatic carbocycles. The fourth-order valence-corrected chi connectivity index (χ4v) is 1.72. The highest BCUT2D eigenvalue weighted by Gasteiger charge is 2.03. The van der Waals surface area contributed by atoms with E-state index in [1.165, 1.54) is 0 Å². The minimum Gasteiger partial charge on any atom is -0.489 e. The lowest BCUT2D eigenvalue weighted by atomic mass is 10.2. The number of nitrogens with zero attached hydrogens (tertiary/aromatic N) is 2. The number of rotatable bonds is 4. The molecule has 0 fully saturated rings. The van der Waals surface area contributed by atoms with E-state index in [0.29, 0.717) is 12.3 Å². The van der Waals surface area contributed by atoms with Crippen LogP contribution in [-0.4, -0.2) is 16.0 Å². The zero-order chi connectivity index (χ0) is 13.7. The molecule has 0 bridgehead atoms. The lowest BCUT2D eigenvalue weighted by Crippen LogP contribution is -2.15. The van der Waals surface area contributed by atoms with Crippen molar-refractivity contribution in [3.8, 4) is 5.75 Å². The molecule has 0 atom stereocenters. The minimum absolute atomic E-state index is 0.0227. The van der Waals surface area contributed by atoms with E-state index in [1.807, 2.05) is 30.3 Å². The van der Waals surface area contributed by atoms with Crippen LogP contribution in [0.1, 0.15) is 11.3 Å². The van der Waals surface area contributed by atoms with Crippen molar-refractivity contribution in [2.45, 2.75) is 6.61 Å². The molecule has 0 aliphatic rings. The van der Waals surface area contributed by atoms with Crippen LogP contribution < -0.4 is 10.5 Å². The highest BCUT2D eigenvalue weighted by molar-refractivity contribution is 9.10. The molecule has 0 aliphatic heterocycles. The highest BCUT2D eigenvalue weighted by Crippen LogP contribution is 2.17. The first-order valence-electron chi connectivity index (χ1n) is 5.50. The third-order valence-corrected chi connectivity index (χ3v) is 2.94. The van der Waals surface area contributed by atoms with Gasteiger partial charge in [-0.1, -0.05) is 21.1 Å². The molecule has 0 saturated carbocycles. The predicted octanol–water partition coefficient (Wildman–Crippen LogP) is 2.52. The molecule has 2 rings (SSSR count). The molecule has 0 spiro atoms. The number of ether oxygens (including phenoxy) is 1. The maximum atomic E-state index is 8.60. The molecular weight excluding hydrogens is 310 g/mol. The van der Waals surface area contributed by atoms with E-state index in [-0.39, 0.29) is 5.84 Å². The van der Waals surface area contributed by atoms with Gasteiger partial charge < -0.3 is 15.7 Å². The second-order valence-corrected chi connectivity index (χ2v) is 4.69. The molecule has 0 unspecified atom stereocenters. The highest BCUT2D eigenvalue weighted by atomic mass is 79.9. The molecule has 0 amide bonds. The molecule has 3 N–H and O–H groups in total. The second kappa shape index (κ2) is 6.19. The van der Waals surface area contributed by atoms with Crippen molar-refractivity contribution in [3.05, 3.63) is 58.3 Å². The Labute approximate surface area is 118 Å². The Hall–Kier alpha value is -2.08. The first-order valence-corrected chi connectivity index (χ1v) is 6.29. The van der Waals surface area contributed by atoms with Gasteiger partial charge in [-0.15, -0.1) is 0 Å². The number of hydrogen-bond donors (Lipinski definition) is 2. The van der Waals surface area contributed by atoms with Gasteiger partial charge in [0.25, 0.3) is 0 Å². The summed E-state index contributed by atoms with van der Waals surface area (Å²) >= 11 is 3.36. The van der Waals surface area contributed by atoms with Crippen molar-refractivity contribution < 1.29 is 9.94 Å². The molecule has 0 aliphatic carbocycles. The summed E-state index contributed by atoms with van der Waals surface area (Å²) in [6.45, 7) is 0.385. The van der Waals surface area contributed by atoms with Gasteiger partial charge >= 0.3 is 0 Å². The summed E-state index contributed by atoms with van der Waals surface area (Å²) in [5.74, 6) is 0.746. The van der Waals surface area contributed by atoms with Crippen LogP contribution in [0, 0.1) is 0 Å². The number of oxime groups is 1. The summed E-state index contributed by atoms with van der Waals surface area (Å²) in [6, 6.07) is 11.1. The summed E-state index contributed by atoms with van der Waals surface area (Å²) in [5.41, 5.74) is 6.78. The summed E-state index contributed by atoms with van der Waals surface area (Å²) < 4.78 is 6.62. The third kappa shape index (κ3) is 3.69. The largest absolute Gasteiger partial charge is 0.489 e. The number of hydrogen-bond acceptors (Lipinski definition) is 4. The van der Waals surface area contributed by atoms with E-state index >= 15 is 0 Å². The van der Waals surface area contributed by atoms with Crippen molar-refractivity contribution in [2.75, 3.05) is 0 Å². The van der Waals surface area contributed by atoms with Crippen LogP contribution in [0.4, 0.5) is 0 Å². The lowest BCUT2D eigenvalue weighted by molar-refractivity contribution is 0.306. The van der Waals surface area contributed by atoms with Gasteiger partial charge in [0.2, 0.25) is 0 Å². The Morgan fingerprint density at radius 3 is 2.74 bits per heavy atom. The fraction of sp³-hybridized carbons (Fsp3) is 0.0769. The zero-order valence-electron chi connectivity index (χ0n) is 9.95. The minimum atomic E-state index is -0.0227. The molecule has 5 nitrogen and oxygen atoms in total. The van der Waals surface area contributed by atoms with Gasteiger partial charge in [-0.3, -0.25) is 4.98 Å². The van der Waals surface area contributed by atoms with Crippen LogP contribution in [0.5, 0.6) is 5.75 Å². The molecular formula is C13H12BrN3O2. The average Bonchev–Trinajstić information content (AvgIpc) is 2.46. The maximum absolute atomic E-state index is 8.60. The van der Waals surface area contributed by atoms with E-state index in [0.717, 1.165) is 15.8 Å². The van der Waals surface area contributed by atoms with Crippen molar-refractivity contribution in [1.29, 1.82) is 0 Å². The Morgan fingerprint density at radius 1 is 1.32 bits per heavy atom. The summed E-state index contributed by atoms with van der Waals surface area (Å²) in [5, 5.41) is 11.5. The predicted molar refractivity (Wildman–Crippen MR) is 75.2 cm³/mol. The van der Waals surface area contributed by atoms with Crippen LogP contribution in [0.2, 0.25) is 0 Å². The molecule has 1 aromatic heterocycles. The number of benzene rings is 1. The van der Waals surface area contributed by atoms with Gasteiger partial charge in [-0.25, -0.2) is 0 Å². The number of nitrogens with two attached hydrogens (primary N) is 1. The quantitative estimate of drug-likeness (QED) is 0.392. The fourth-order valence-electron chi connectivity index (χ4n) is 1.45. The molecule has 0 saturated heterocycles. The monoisotopic (exact) mass is 321 g/mol. The Balaban J connectivity index is 2.05. The summed E-state index contributed by atoms with van der Waals surface area (Å²) in [6.07, 6.45) is 1.59. The van der Waals surface area contributed by atoms with Gasteiger partial charge in [0, 0.05) is 10.7 Å². The summed E-state index contributed by atoms with van der Waals surface area (Å²) in [7, 11) is 0. The number of amidine groups is 1. The van der Waals surface area contributed by atoms with Crippen LogP contribution in [0.3, 0.4) is 0 Å². The average molecular weight is 322 g/mol. The summed E-state index contributed by atoms with van der Waals surface area (Å²) in [4.78, 5) is 4.00. The Bertz CT molecular complexity index is 585. The SMILES string of the molecule is NC(=NO)c1cc(COc2ccc(Br)cc2)ccn1. The first kappa shape index (κ1) is 13.4. The van der Waals surface area contributed by atoms with Crippen molar-refractivity contribution in [2.24, 2.45) is 10.9 Å². The molecule has 1 heterocycles. The van der Waals surface area contributed by atoms with E-state index in [4.69, 9.17) is 15.7 Å². The number of pyridine rings is 1. The molecule has 6 heteroatoms. The van der Waals surface area contributed by atoms with Crippen LogP contribution >= 0.6 is 15.9 Å². The van der Waals surface area contributed by atoms with Crippen LogP contribution in [0.15, 0.2) is 52.2 Å². The molecule has 2 aromatic rings. The molecule has 0 radical (unpaired) electrons. The number of aromatic nitrogens is 1. The van der Waals surface area contributed by atoms with Gasteiger partial charge in [-0.2, -0.15) is 0 Å². The van der Waals surface area contributed by atoms with Crippen molar-refractivity contribution in [1.82, 2.24) is 4.98 Å². The van der Waals surface area contributed by atoms with Gasteiger partial charge in [0.15, 0.2) is 5.84 Å². The second-order valence-electron chi connectivity index (χ2n) is 3.78. The normalized spacial score (nSPS) is 11.3. The van der Waals surface area contributed by atoms with E-state index < -0.39 is 0 Å². The van der Waals surface area contributed by atoms with Crippen molar-refractivity contribution >= 4 is 21.8 Å². The smallest absolute Gasteiger partial charge is 0.188 e. The van der Waals surface area contributed by atoms with Crippen LogP contribution in [0.25, 0.3) is 0 Å². The van der Waals surface area contributed by atoms with Gasteiger partial charge in [0.05, 0.1) is 0 Å². The Morgan fingerprint density at radius 2 is 2.05 bits per heavy atom. The Kier molecular flexibility index (Phi) is 4.35. The third-order valence-electron chi connectivity index (χ3n) is 2.41. The van der Waals surface area contributed by atoms with Crippen LogP contribution in [-0.2, 0) is 6.61 Å². The van der Waals surface area contributed by atoms with Gasteiger partial charge in [0.1, 0.15) is 18.1 Å². The standard InChI is InChI=1S/C13H12BrN3O2/c14-10-1-3-11(4-2-10)19-8-9-5-6-16-12(7-9)13(15)17-18/h1-7,18H,8H2,(H2,15,17). The maximum Gasteiger partial charge on any atom is 0.188 e.